The van der Waals surface area contributed by atoms with E-state index in [4.69, 9.17) is 49.0 Å². The van der Waals surface area contributed by atoms with E-state index in [0.717, 1.165) is 29.7 Å². The van der Waals surface area contributed by atoms with E-state index in [9.17, 15) is 0 Å². The zero-order valence-electron chi connectivity index (χ0n) is 14.9. The number of hydrogen-bond donors (Lipinski definition) is 0. The summed E-state index contributed by atoms with van der Waals surface area (Å²) in [5, 5.41) is 0. The Hall–Kier alpha value is -0.913. The molecule has 0 aliphatic rings. The van der Waals surface area contributed by atoms with Crippen molar-refractivity contribution in [3.8, 4) is 11.5 Å². The maximum absolute atomic E-state index is 6.26. The van der Waals surface area contributed by atoms with Crippen LogP contribution in [0.2, 0.25) is 0 Å². The van der Waals surface area contributed by atoms with Crippen molar-refractivity contribution in [2.24, 2.45) is 0 Å². The number of benzene rings is 2. The molecule has 2 aromatic rings. The molecule has 27 heavy (non-hydrogen) atoms. The molecule has 0 aliphatic heterocycles. The van der Waals surface area contributed by atoms with E-state index in [0.29, 0.717) is 12.4 Å². The molecule has 1 atom stereocenters. The third-order valence-electron chi connectivity index (χ3n) is 3.94. The quantitative estimate of drug-likeness (QED) is 0.236. The van der Waals surface area contributed by atoms with Crippen LogP contribution in [0.3, 0.4) is 0 Å². The zero-order valence-corrected chi connectivity index (χ0v) is 17.2. The summed E-state index contributed by atoms with van der Waals surface area (Å²) < 4.78 is 14.7. The van der Waals surface area contributed by atoms with Gasteiger partial charge in [-0.1, -0.05) is 72.4 Å². The first-order valence-electron chi connectivity index (χ1n) is 8.47. The van der Waals surface area contributed by atoms with E-state index in [2.05, 4.69) is 6.92 Å². The van der Waals surface area contributed by atoms with Crippen LogP contribution in [-0.2, 0) is 4.74 Å². The van der Waals surface area contributed by atoms with Gasteiger partial charge in [-0.2, -0.15) is 0 Å². The van der Waals surface area contributed by atoms with Gasteiger partial charge in [-0.05, 0) is 52.8 Å². The van der Waals surface area contributed by atoms with Crippen molar-refractivity contribution in [1.82, 2.24) is 0 Å². The normalized spacial score (nSPS) is 12.2. The van der Waals surface area contributed by atoms with Crippen molar-refractivity contribution in [2.75, 3.05) is 20.5 Å². The Balaban J connectivity index is 0.00000364. The van der Waals surface area contributed by atoms with E-state index in [-0.39, 0.29) is 17.8 Å². The number of methoxy groups -OCH3 is 1. The van der Waals surface area contributed by atoms with Crippen molar-refractivity contribution in [3.05, 3.63) is 59.7 Å². The van der Waals surface area contributed by atoms with Gasteiger partial charge in [-0.3, -0.25) is 0 Å². The first-order chi connectivity index (χ1) is 12.5. The lowest BCUT2D eigenvalue weighted by Crippen LogP contribution is -2.18. The minimum atomic E-state index is -1.49. The van der Waals surface area contributed by atoms with Crippen LogP contribution in [0.1, 0.15) is 36.8 Å². The summed E-state index contributed by atoms with van der Waals surface area (Å²) in [6.45, 7) is 3.04. The molecule has 0 radical (unpaired) electrons. The Kier molecular flexibility index (Phi) is 10.6. The monoisotopic (exact) mass is 448 g/mol. The predicted octanol–water partition coefficient (Wildman–Crippen LogP) is 4.90. The van der Waals surface area contributed by atoms with Crippen LogP contribution in [0.25, 0.3) is 0 Å². The molecule has 7 heteroatoms. The van der Waals surface area contributed by atoms with E-state index in [1.165, 1.54) is 0 Å². The van der Waals surface area contributed by atoms with Crippen molar-refractivity contribution >= 4 is 45.8 Å². The summed E-state index contributed by atoms with van der Waals surface area (Å²) in [5.74, 6) is 1.06. The van der Waals surface area contributed by atoms with Gasteiger partial charge in [-0.15, -0.1) is 0 Å². The fourth-order valence-corrected chi connectivity index (χ4v) is 3.29. The minimum absolute atomic E-state index is 0. The standard InChI is InChI=1S/C20H23Cl3O3.H4Si/c1-3-4-13-25-14-26-18-11-7-16(8-12-18)19(20(21,22)23)15-5-9-17(24-2)10-6-15;/h5-12,19H,3-4,13-14H2,1-2H3;1H4. The summed E-state index contributed by atoms with van der Waals surface area (Å²) in [7, 11) is 1.62. The maximum atomic E-state index is 6.26. The molecule has 0 heterocycles. The summed E-state index contributed by atoms with van der Waals surface area (Å²) in [5.41, 5.74) is 1.77. The smallest absolute Gasteiger partial charge is 0.201 e. The number of hydrogen-bond acceptors (Lipinski definition) is 3. The molecule has 2 rings (SSSR count). The Morgan fingerprint density at radius 1 is 0.889 bits per heavy atom. The van der Waals surface area contributed by atoms with Gasteiger partial charge in [0, 0.05) is 0 Å². The predicted molar refractivity (Wildman–Crippen MR) is 119 cm³/mol. The second-order valence-electron chi connectivity index (χ2n) is 5.84. The van der Waals surface area contributed by atoms with Gasteiger partial charge >= 0.3 is 0 Å². The highest BCUT2D eigenvalue weighted by Crippen LogP contribution is 2.46. The fourth-order valence-electron chi connectivity index (χ4n) is 2.54. The van der Waals surface area contributed by atoms with Crippen LogP contribution in [-0.4, -0.2) is 35.3 Å². The highest BCUT2D eigenvalue weighted by atomic mass is 35.6. The minimum Gasteiger partial charge on any atom is -0.497 e. The number of ether oxygens (including phenoxy) is 3. The van der Waals surface area contributed by atoms with Crippen molar-refractivity contribution in [1.29, 1.82) is 0 Å². The fraction of sp³-hybridized carbons (Fsp3) is 0.400. The van der Waals surface area contributed by atoms with Crippen molar-refractivity contribution < 1.29 is 14.2 Å². The first kappa shape index (κ1) is 24.1. The molecular formula is C20H27Cl3O3Si. The molecule has 0 N–H and O–H groups in total. The molecule has 0 aromatic heterocycles. The van der Waals surface area contributed by atoms with E-state index in [1.54, 1.807) is 7.11 Å². The third kappa shape index (κ3) is 7.55. The average molecular weight is 450 g/mol. The summed E-state index contributed by atoms with van der Waals surface area (Å²) in [4.78, 5) is 0. The molecule has 0 aliphatic carbocycles. The van der Waals surface area contributed by atoms with Crippen LogP contribution in [0.4, 0.5) is 0 Å². The summed E-state index contributed by atoms with van der Waals surface area (Å²) >= 11 is 18.8. The highest BCUT2D eigenvalue weighted by molar-refractivity contribution is 6.68. The van der Waals surface area contributed by atoms with Gasteiger partial charge in [0.05, 0.1) is 19.6 Å². The molecule has 0 saturated heterocycles. The van der Waals surface area contributed by atoms with Gasteiger partial charge < -0.3 is 14.2 Å². The molecule has 0 spiro atoms. The van der Waals surface area contributed by atoms with Crippen LogP contribution >= 0.6 is 34.8 Å². The SMILES string of the molecule is CCCCOCOc1ccc(C(c2ccc(OC)cc2)C(Cl)(Cl)Cl)cc1.[SiH4]. The maximum Gasteiger partial charge on any atom is 0.201 e. The number of rotatable bonds is 9. The number of alkyl halides is 3. The van der Waals surface area contributed by atoms with Crippen LogP contribution in [0.15, 0.2) is 48.5 Å². The first-order valence-corrected chi connectivity index (χ1v) is 9.60. The highest BCUT2D eigenvalue weighted by Gasteiger charge is 2.35. The number of unbranched alkanes of at least 4 members (excludes halogenated alkanes) is 1. The summed E-state index contributed by atoms with van der Waals surface area (Å²) in [6.07, 6.45) is 2.12. The third-order valence-corrected chi connectivity index (χ3v) is 4.60. The molecule has 1 unspecified atom stereocenters. The van der Waals surface area contributed by atoms with E-state index in [1.807, 2.05) is 48.5 Å². The topological polar surface area (TPSA) is 27.7 Å². The molecule has 3 nitrogen and oxygen atoms in total. The average Bonchev–Trinajstić information content (AvgIpc) is 2.62. The van der Waals surface area contributed by atoms with Crippen molar-refractivity contribution in [3.63, 3.8) is 0 Å². The van der Waals surface area contributed by atoms with E-state index < -0.39 is 9.71 Å². The lowest BCUT2D eigenvalue weighted by molar-refractivity contribution is 0.0140. The Bertz CT molecular complexity index is 658. The van der Waals surface area contributed by atoms with Crippen LogP contribution in [0, 0.1) is 0 Å². The lowest BCUT2D eigenvalue weighted by atomic mass is 9.92. The zero-order chi connectivity index (χ0) is 19.0. The molecule has 0 saturated carbocycles. The second kappa shape index (κ2) is 11.8. The largest absolute Gasteiger partial charge is 0.497 e. The molecule has 150 valence electrons. The van der Waals surface area contributed by atoms with Gasteiger partial charge in [-0.25, -0.2) is 0 Å². The molecule has 2 aromatic carbocycles. The molecule has 0 bridgehead atoms. The molecular weight excluding hydrogens is 423 g/mol. The van der Waals surface area contributed by atoms with Gasteiger partial charge in [0.15, 0.2) is 6.79 Å². The summed E-state index contributed by atoms with van der Waals surface area (Å²) in [6, 6.07) is 15.0. The van der Waals surface area contributed by atoms with Gasteiger partial charge in [0.25, 0.3) is 0 Å². The van der Waals surface area contributed by atoms with Gasteiger partial charge in [0.2, 0.25) is 3.79 Å². The number of halogens is 3. The van der Waals surface area contributed by atoms with Crippen molar-refractivity contribution in [2.45, 2.75) is 29.5 Å². The molecule has 0 amide bonds. The van der Waals surface area contributed by atoms with Crippen LogP contribution in [0.5, 0.6) is 11.5 Å². The Morgan fingerprint density at radius 2 is 1.41 bits per heavy atom. The lowest BCUT2D eigenvalue weighted by Gasteiger charge is -2.25. The van der Waals surface area contributed by atoms with Crippen LogP contribution < -0.4 is 9.47 Å². The Morgan fingerprint density at radius 3 is 1.85 bits per heavy atom. The van der Waals surface area contributed by atoms with Gasteiger partial charge in [0.1, 0.15) is 11.5 Å². The second-order valence-corrected chi connectivity index (χ2v) is 8.21. The molecule has 0 fully saturated rings. The van der Waals surface area contributed by atoms with E-state index >= 15 is 0 Å². The Labute approximate surface area is 180 Å².